The minimum atomic E-state index is -0.159. The van der Waals surface area contributed by atoms with Crippen LogP contribution in [0.3, 0.4) is 0 Å². The van der Waals surface area contributed by atoms with E-state index in [1.165, 1.54) is 23.1 Å². The molecule has 0 aliphatic heterocycles. The summed E-state index contributed by atoms with van der Waals surface area (Å²) in [5, 5.41) is 12.2. The van der Waals surface area contributed by atoms with Crippen molar-refractivity contribution >= 4 is 44.4 Å². The highest BCUT2D eigenvalue weighted by Gasteiger charge is 2.15. The maximum absolute atomic E-state index is 12.3. The van der Waals surface area contributed by atoms with Gasteiger partial charge >= 0.3 is 0 Å². The molecular weight excluding hydrogens is 386 g/mol. The molecule has 0 unspecified atom stereocenters. The summed E-state index contributed by atoms with van der Waals surface area (Å²) in [7, 11) is 3.45. The molecule has 1 amide bonds. The maximum Gasteiger partial charge on any atom is 0.236 e. The first kappa shape index (κ1) is 17.6. The molecule has 3 aromatic heterocycles. The Balaban J connectivity index is 1.40. The summed E-state index contributed by atoms with van der Waals surface area (Å²) in [6.45, 7) is 0. The van der Waals surface area contributed by atoms with E-state index in [4.69, 9.17) is 9.15 Å². The Hall–Kier alpha value is -2.85. The number of thiazole rings is 1. The van der Waals surface area contributed by atoms with E-state index in [0.717, 1.165) is 16.0 Å². The average molecular weight is 401 g/mol. The number of thioether (sulfide) groups is 1. The van der Waals surface area contributed by atoms with Crippen LogP contribution in [0.4, 0.5) is 5.13 Å². The monoisotopic (exact) mass is 401 g/mol. The van der Waals surface area contributed by atoms with E-state index >= 15 is 0 Å². The molecule has 0 aliphatic rings. The van der Waals surface area contributed by atoms with Crippen molar-refractivity contribution in [2.24, 2.45) is 7.05 Å². The van der Waals surface area contributed by atoms with Gasteiger partial charge in [0.05, 0.1) is 29.3 Å². The number of nitrogens with zero attached hydrogens (tertiary/aromatic N) is 4. The van der Waals surface area contributed by atoms with Gasteiger partial charge in [-0.3, -0.25) is 4.79 Å². The lowest BCUT2D eigenvalue weighted by Gasteiger charge is -2.02. The molecule has 1 N–H and O–H groups in total. The second-order valence-electron chi connectivity index (χ2n) is 5.53. The molecule has 27 heavy (non-hydrogen) atoms. The lowest BCUT2D eigenvalue weighted by atomic mass is 10.3. The number of anilines is 1. The van der Waals surface area contributed by atoms with Gasteiger partial charge in [-0.15, -0.1) is 10.2 Å². The summed E-state index contributed by atoms with van der Waals surface area (Å²) in [4.78, 5) is 16.7. The van der Waals surface area contributed by atoms with Crippen LogP contribution >= 0.6 is 23.1 Å². The van der Waals surface area contributed by atoms with Gasteiger partial charge in [-0.05, 0) is 30.3 Å². The lowest BCUT2D eigenvalue weighted by Crippen LogP contribution is -2.14. The van der Waals surface area contributed by atoms with Crippen LogP contribution in [0.2, 0.25) is 0 Å². The minimum absolute atomic E-state index is 0.159. The van der Waals surface area contributed by atoms with Gasteiger partial charge in [0.25, 0.3) is 0 Å². The zero-order valence-corrected chi connectivity index (χ0v) is 16.1. The molecule has 1 aromatic carbocycles. The number of carbonyl (C=O) groups excluding carboxylic acids is 1. The number of hydrogen-bond acceptors (Lipinski definition) is 8. The zero-order chi connectivity index (χ0) is 18.8. The number of methoxy groups -OCH3 is 1. The Morgan fingerprint density at radius 3 is 3.04 bits per heavy atom. The quantitative estimate of drug-likeness (QED) is 0.495. The highest BCUT2D eigenvalue weighted by atomic mass is 32.2. The molecule has 4 aromatic rings. The van der Waals surface area contributed by atoms with Crippen LogP contribution in [0.15, 0.2) is 46.2 Å². The maximum atomic E-state index is 12.3. The molecule has 0 aliphatic carbocycles. The van der Waals surface area contributed by atoms with E-state index in [1.807, 2.05) is 31.3 Å². The number of rotatable bonds is 6. The van der Waals surface area contributed by atoms with Crippen molar-refractivity contribution < 1.29 is 13.9 Å². The van der Waals surface area contributed by atoms with Crippen molar-refractivity contribution in [1.82, 2.24) is 19.7 Å². The second kappa shape index (κ2) is 7.41. The van der Waals surface area contributed by atoms with E-state index in [-0.39, 0.29) is 11.7 Å². The molecule has 0 saturated heterocycles. The molecule has 0 spiro atoms. The number of nitrogens with one attached hydrogen (secondary N) is 1. The Morgan fingerprint density at radius 2 is 2.26 bits per heavy atom. The van der Waals surface area contributed by atoms with Gasteiger partial charge in [0, 0.05) is 7.05 Å². The summed E-state index contributed by atoms with van der Waals surface area (Å²) in [6.07, 6.45) is 1.58. The van der Waals surface area contributed by atoms with Crippen LogP contribution in [0.1, 0.15) is 0 Å². The fourth-order valence-corrected chi connectivity index (χ4v) is 4.05. The van der Waals surface area contributed by atoms with Gasteiger partial charge in [-0.1, -0.05) is 23.1 Å². The number of furan rings is 1. The van der Waals surface area contributed by atoms with Gasteiger partial charge in [0.15, 0.2) is 21.9 Å². The van der Waals surface area contributed by atoms with Crippen molar-refractivity contribution in [3.8, 4) is 17.3 Å². The van der Waals surface area contributed by atoms with Crippen LogP contribution in [0.25, 0.3) is 21.8 Å². The number of amides is 1. The molecule has 0 fully saturated rings. The molecule has 10 heteroatoms. The Morgan fingerprint density at radius 1 is 1.37 bits per heavy atom. The molecule has 0 atom stereocenters. The van der Waals surface area contributed by atoms with Crippen LogP contribution in [0.5, 0.6) is 5.75 Å². The van der Waals surface area contributed by atoms with Crippen molar-refractivity contribution in [1.29, 1.82) is 0 Å². The predicted octanol–water partition coefficient (Wildman–Crippen LogP) is 3.42. The van der Waals surface area contributed by atoms with Crippen LogP contribution < -0.4 is 10.1 Å². The third-order valence-electron chi connectivity index (χ3n) is 3.75. The van der Waals surface area contributed by atoms with Crippen LogP contribution in [-0.4, -0.2) is 38.5 Å². The van der Waals surface area contributed by atoms with Crippen molar-refractivity contribution in [2.45, 2.75) is 5.16 Å². The highest BCUT2D eigenvalue weighted by Crippen LogP contribution is 2.29. The number of benzene rings is 1. The molecule has 8 nitrogen and oxygen atoms in total. The summed E-state index contributed by atoms with van der Waals surface area (Å²) >= 11 is 2.70. The Kier molecular flexibility index (Phi) is 4.82. The molecule has 0 bridgehead atoms. The van der Waals surface area contributed by atoms with Gasteiger partial charge < -0.3 is 19.0 Å². The summed E-state index contributed by atoms with van der Waals surface area (Å²) in [5.74, 6) is 2.04. The van der Waals surface area contributed by atoms with E-state index in [2.05, 4.69) is 20.5 Å². The average Bonchev–Trinajstić information content (AvgIpc) is 3.38. The second-order valence-corrected chi connectivity index (χ2v) is 7.51. The molecular formula is C17H15N5O3S2. The zero-order valence-electron chi connectivity index (χ0n) is 14.5. The third-order valence-corrected chi connectivity index (χ3v) is 5.70. The molecule has 4 rings (SSSR count). The van der Waals surface area contributed by atoms with Gasteiger partial charge in [0.2, 0.25) is 5.91 Å². The molecule has 3 heterocycles. The van der Waals surface area contributed by atoms with Gasteiger partial charge in [0.1, 0.15) is 5.75 Å². The highest BCUT2D eigenvalue weighted by molar-refractivity contribution is 7.99. The van der Waals surface area contributed by atoms with Crippen LogP contribution in [0, 0.1) is 0 Å². The fourth-order valence-electron chi connectivity index (χ4n) is 2.43. The normalized spacial score (nSPS) is 11.0. The van der Waals surface area contributed by atoms with Gasteiger partial charge in [-0.25, -0.2) is 4.98 Å². The van der Waals surface area contributed by atoms with Crippen molar-refractivity contribution in [3.05, 3.63) is 36.6 Å². The van der Waals surface area contributed by atoms with E-state index in [1.54, 1.807) is 24.0 Å². The summed E-state index contributed by atoms with van der Waals surface area (Å²) < 4.78 is 13.3. The van der Waals surface area contributed by atoms with E-state index in [0.29, 0.717) is 21.9 Å². The first-order valence-corrected chi connectivity index (χ1v) is 9.75. The minimum Gasteiger partial charge on any atom is -0.497 e. The topological polar surface area (TPSA) is 95.1 Å². The standard InChI is InChI=1S/C17H15N5O3S2/c1-22-15(12-4-3-7-25-12)20-21-17(22)26-9-14(23)19-16-18-11-6-5-10(24-2)8-13(11)27-16/h3-8H,9H2,1-2H3,(H,18,19,23). The molecule has 138 valence electrons. The third kappa shape index (κ3) is 3.67. The van der Waals surface area contributed by atoms with Crippen LogP contribution in [-0.2, 0) is 11.8 Å². The van der Waals surface area contributed by atoms with Crippen molar-refractivity contribution in [3.63, 3.8) is 0 Å². The first-order valence-electron chi connectivity index (χ1n) is 7.94. The summed E-state index contributed by atoms with van der Waals surface area (Å²) in [6, 6.07) is 9.21. The number of hydrogen-bond donors (Lipinski definition) is 1. The SMILES string of the molecule is COc1ccc2nc(NC(=O)CSc3nnc(-c4ccco4)n3C)sc2c1. The van der Waals surface area contributed by atoms with Crippen molar-refractivity contribution in [2.75, 3.05) is 18.2 Å². The number of carbonyl (C=O) groups is 1. The Bertz CT molecular complexity index is 1090. The first-order chi connectivity index (χ1) is 13.1. The molecule has 0 radical (unpaired) electrons. The lowest BCUT2D eigenvalue weighted by molar-refractivity contribution is -0.113. The number of ether oxygens (including phenoxy) is 1. The largest absolute Gasteiger partial charge is 0.497 e. The van der Waals surface area contributed by atoms with Gasteiger partial charge in [-0.2, -0.15) is 0 Å². The number of fused-ring (bicyclic) bond motifs is 1. The van der Waals surface area contributed by atoms with E-state index in [9.17, 15) is 4.79 Å². The predicted molar refractivity (Wildman–Crippen MR) is 104 cm³/mol. The fraction of sp³-hybridized carbons (Fsp3) is 0.176. The summed E-state index contributed by atoms with van der Waals surface area (Å²) in [5.41, 5.74) is 0.820. The number of aromatic nitrogens is 4. The smallest absolute Gasteiger partial charge is 0.236 e. The van der Waals surface area contributed by atoms with E-state index < -0.39 is 0 Å². The Labute approximate surface area is 162 Å². The molecule has 0 saturated carbocycles.